The fourth-order valence-electron chi connectivity index (χ4n) is 4.14. The highest BCUT2D eigenvalue weighted by Gasteiger charge is 2.40. The highest BCUT2D eigenvalue weighted by molar-refractivity contribution is 7.89. The predicted octanol–water partition coefficient (Wildman–Crippen LogP) is 2.36. The molecule has 2 aliphatic heterocycles. The first-order valence-electron chi connectivity index (χ1n) is 10.5. The van der Waals surface area contributed by atoms with Gasteiger partial charge in [0.2, 0.25) is 22.0 Å². The summed E-state index contributed by atoms with van der Waals surface area (Å²) in [5, 5.41) is 0. The van der Waals surface area contributed by atoms with E-state index in [1.807, 2.05) is 6.92 Å². The Balaban J connectivity index is 1.57. The van der Waals surface area contributed by atoms with E-state index >= 15 is 0 Å². The van der Waals surface area contributed by atoms with Crippen LogP contribution in [0.3, 0.4) is 0 Å². The molecule has 1 saturated heterocycles. The molecule has 170 valence electrons. The summed E-state index contributed by atoms with van der Waals surface area (Å²) in [5.74, 6) is -0.890. The molecule has 1 fully saturated rings. The van der Waals surface area contributed by atoms with E-state index < -0.39 is 28.0 Å². The topological polar surface area (TPSA) is 93.2 Å². The maximum atomic E-state index is 13.5. The molecule has 0 aliphatic carbocycles. The van der Waals surface area contributed by atoms with E-state index in [9.17, 15) is 18.0 Å². The van der Waals surface area contributed by atoms with Crippen LogP contribution in [0.15, 0.2) is 53.4 Å². The lowest BCUT2D eigenvalue weighted by atomic mass is 9.97. The molecule has 1 amide bonds. The number of para-hydroxylation sites is 2. The number of sulfonamides is 1. The van der Waals surface area contributed by atoms with Gasteiger partial charge in [0.1, 0.15) is 5.75 Å². The van der Waals surface area contributed by atoms with Crippen molar-refractivity contribution in [3.63, 3.8) is 0 Å². The molecule has 0 spiro atoms. The maximum absolute atomic E-state index is 13.5. The van der Waals surface area contributed by atoms with Crippen LogP contribution in [-0.2, 0) is 24.3 Å². The van der Waals surface area contributed by atoms with Gasteiger partial charge in [-0.3, -0.25) is 4.79 Å². The van der Waals surface area contributed by atoms with Gasteiger partial charge >= 0.3 is 5.97 Å². The molecule has 2 aromatic rings. The third-order valence-corrected chi connectivity index (χ3v) is 7.78. The smallest absolute Gasteiger partial charge is 0.348 e. The Labute approximate surface area is 187 Å². The van der Waals surface area contributed by atoms with Gasteiger partial charge in [-0.2, -0.15) is 4.31 Å². The molecular formula is C23H26N2O6S. The Hall–Kier alpha value is -2.91. The monoisotopic (exact) mass is 458 g/mol. The van der Waals surface area contributed by atoms with E-state index in [2.05, 4.69) is 0 Å². The number of carbonyl (C=O) groups excluding carboxylic acids is 2. The number of hydrogen-bond donors (Lipinski definition) is 0. The van der Waals surface area contributed by atoms with Crippen LogP contribution in [0.1, 0.15) is 18.4 Å². The second kappa shape index (κ2) is 8.91. The van der Waals surface area contributed by atoms with Crippen molar-refractivity contribution in [3.05, 3.63) is 54.1 Å². The van der Waals surface area contributed by atoms with Gasteiger partial charge in [-0.25, -0.2) is 13.2 Å². The van der Waals surface area contributed by atoms with E-state index in [0.29, 0.717) is 30.8 Å². The van der Waals surface area contributed by atoms with Crippen molar-refractivity contribution in [3.8, 4) is 5.75 Å². The molecule has 0 saturated carbocycles. The highest BCUT2D eigenvalue weighted by Crippen LogP contribution is 2.35. The molecule has 2 atom stereocenters. The van der Waals surface area contributed by atoms with Gasteiger partial charge in [0.15, 0.2) is 0 Å². The van der Waals surface area contributed by atoms with Gasteiger partial charge in [0, 0.05) is 13.1 Å². The normalized spacial score (nSPS) is 21.4. The van der Waals surface area contributed by atoms with Crippen molar-refractivity contribution in [2.45, 2.75) is 30.8 Å². The second-order valence-corrected chi connectivity index (χ2v) is 10.00. The lowest BCUT2D eigenvalue weighted by Crippen LogP contribution is -2.52. The summed E-state index contributed by atoms with van der Waals surface area (Å²) >= 11 is 0. The number of aryl methyl sites for hydroxylation is 1. The molecule has 4 rings (SSSR count). The van der Waals surface area contributed by atoms with Crippen LogP contribution in [-0.4, -0.2) is 57.4 Å². The van der Waals surface area contributed by atoms with Crippen LogP contribution in [0, 0.1) is 12.8 Å². The third-order valence-electron chi connectivity index (χ3n) is 5.90. The number of hydrogen-bond acceptors (Lipinski definition) is 6. The summed E-state index contributed by atoms with van der Waals surface area (Å²) in [4.78, 5) is 27.4. The fraction of sp³-hybridized carbons (Fsp3) is 0.391. The minimum atomic E-state index is -3.70. The Bertz CT molecular complexity index is 1120. The Kier molecular flexibility index (Phi) is 6.21. The molecule has 0 N–H and O–H groups in total. The lowest BCUT2D eigenvalue weighted by molar-refractivity contribution is -0.148. The first-order chi connectivity index (χ1) is 15.3. The molecule has 0 unspecified atom stereocenters. The SMILES string of the molecule is COC(=O)[C@H]1CN(C(=O)[C@H]2CCCN(S(=O)(=O)c3ccc(C)cc3)C2)c2ccccc2O1. The van der Waals surface area contributed by atoms with Crippen molar-refractivity contribution < 1.29 is 27.5 Å². The zero-order valence-electron chi connectivity index (χ0n) is 18.1. The molecule has 2 aromatic carbocycles. The molecule has 9 heteroatoms. The number of fused-ring (bicyclic) bond motifs is 1. The van der Waals surface area contributed by atoms with Crippen LogP contribution < -0.4 is 9.64 Å². The molecule has 8 nitrogen and oxygen atoms in total. The first kappa shape index (κ1) is 22.3. The Morgan fingerprint density at radius 1 is 1.06 bits per heavy atom. The van der Waals surface area contributed by atoms with Crippen LogP contribution in [0.5, 0.6) is 5.75 Å². The van der Waals surface area contributed by atoms with Crippen molar-refractivity contribution in [1.82, 2.24) is 4.31 Å². The van der Waals surface area contributed by atoms with Crippen LogP contribution in [0.4, 0.5) is 5.69 Å². The lowest BCUT2D eigenvalue weighted by Gasteiger charge is -2.38. The van der Waals surface area contributed by atoms with Gasteiger partial charge in [-0.05, 0) is 44.0 Å². The van der Waals surface area contributed by atoms with Crippen LogP contribution >= 0.6 is 0 Å². The van der Waals surface area contributed by atoms with Gasteiger partial charge < -0.3 is 14.4 Å². The predicted molar refractivity (Wildman–Crippen MR) is 118 cm³/mol. The zero-order valence-corrected chi connectivity index (χ0v) is 18.9. The highest BCUT2D eigenvalue weighted by atomic mass is 32.2. The standard InChI is InChI=1S/C23H26N2O6S/c1-16-9-11-18(12-10-16)32(28,29)24-13-5-6-17(14-24)22(26)25-15-21(23(27)30-2)31-20-8-4-3-7-19(20)25/h3-4,7-12,17,21H,5-6,13-15H2,1-2H3/t17-,21+/m0/s1. The van der Waals surface area contributed by atoms with E-state index in [1.54, 1.807) is 48.5 Å². The summed E-state index contributed by atoms with van der Waals surface area (Å²) in [5.41, 5.74) is 1.54. The molecule has 32 heavy (non-hydrogen) atoms. The van der Waals surface area contributed by atoms with Crippen molar-refractivity contribution in [2.75, 3.05) is 31.6 Å². The molecule has 0 aromatic heterocycles. The Morgan fingerprint density at radius 2 is 1.78 bits per heavy atom. The number of piperidine rings is 1. The zero-order chi connectivity index (χ0) is 22.9. The van der Waals surface area contributed by atoms with E-state index in [1.165, 1.54) is 16.3 Å². The average molecular weight is 459 g/mol. The minimum Gasteiger partial charge on any atom is -0.475 e. The summed E-state index contributed by atoms with van der Waals surface area (Å²) in [7, 11) is -2.43. The van der Waals surface area contributed by atoms with Crippen molar-refractivity contribution in [2.24, 2.45) is 5.92 Å². The Morgan fingerprint density at radius 3 is 2.50 bits per heavy atom. The molecular weight excluding hydrogens is 432 g/mol. The quantitative estimate of drug-likeness (QED) is 0.653. The van der Waals surface area contributed by atoms with Crippen LogP contribution in [0.25, 0.3) is 0 Å². The van der Waals surface area contributed by atoms with Crippen LogP contribution in [0.2, 0.25) is 0 Å². The summed E-state index contributed by atoms with van der Waals surface area (Å²) in [6.45, 7) is 2.37. The number of methoxy groups -OCH3 is 1. The maximum Gasteiger partial charge on any atom is 0.348 e. The number of carbonyl (C=O) groups is 2. The number of esters is 1. The van der Waals surface area contributed by atoms with Gasteiger partial charge in [-0.1, -0.05) is 29.8 Å². The first-order valence-corrected chi connectivity index (χ1v) is 12.0. The van der Waals surface area contributed by atoms with Gasteiger partial charge in [0.25, 0.3) is 0 Å². The van der Waals surface area contributed by atoms with E-state index in [4.69, 9.17) is 9.47 Å². The molecule has 0 radical (unpaired) electrons. The van der Waals surface area contributed by atoms with E-state index in [0.717, 1.165) is 5.56 Å². The largest absolute Gasteiger partial charge is 0.475 e. The number of nitrogens with zero attached hydrogens (tertiary/aromatic N) is 2. The number of amides is 1. The molecule has 2 aliphatic rings. The summed E-state index contributed by atoms with van der Waals surface area (Å²) < 4.78 is 38.2. The number of benzene rings is 2. The fourth-order valence-corrected chi connectivity index (χ4v) is 5.66. The molecule has 2 heterocycles. The average Bonchev–Trinajstić information content (AvgIpc) is 2.82. The van der Waals surface area contributed by atoms with E-state index in [-0.39, 0.29) is 23.9 Å². The number of anilines is 1. The molecule has 0 bridgehead atoms. The third kappa shape index (κ3) is 4.22. The summed E-state index contributed by atoms with van der Waals surface area (Å²) in [6.07, 6.45) is 0.213. The second-order valence-electron chi connectivity index (χ2n) is 8.06. The van der Waals surface area contributed by atoms with Crippen molar-refractivity contribution >= 4 is 27.6 Å². The minimum absolute atomic E-state index is 0.0176. The van der Waals surface area contributed by atoms with Gasteiger partial charge in [-0.15, -0.1) is 0 Å². The summed E-state index contributed by atoms with van der Waals surface area (Å²) in [6, 6.07) is 13.7. The number of rotatable bonds is 4. The van der Waals surface area contributed by atoms with Gasteiger partial charge in [0.05, 0.1) is 30.2 Å². The number of ether oxygens (including phenoxy) is 2. The van der Waals surface area contributed by atoms with Crippen molar-refractivity contribution in [1.29, 1.82) is 0 Å².